The summed E-state index contributed by atoms with van der Waals surface area (Å²) in [6.45, 7) is 4.68. The molecule has 0 unspecified atom stereocenters. The highest BCUT2D eigenvalue weighted by atomic mass is 32.2. The van der Waals surface area contributed by atoms with Crippen LogP contribution >= 0.6 is 11.8 Å². The van der Waals surface area contributed by atoms with Crippen LogP contribution in [0.5, 0.6) is 0 Å². The lowest BCUT2D eigenvalue weighted by atomic mass is 10.0. The number of aromatic nitrogens is 2. The second kappa shape index (κ2) is 10.2. The largest absolute Gasteiger partial charge is 0.314 e. The maximum absolute atomic E-state index is 12.6. The van der Waals surface area contributed by atoms with E-state index in [9.17, 15) is 4.79 Å². The number of hydrogen-bond acceptors (Lipinski definition) is 4. The second-order valence-corrected chi connectivity index (χ2v) is 9.48. The van der Waals surface area contributed by atoms with Crippen LogP contribution in [-0.4, -0.2) is 26.9 Å². The molecule has 1 N–H and O–H groups in total. The van der Waals surface area contributed by atoms with E-state index in [4.69, 9.17) is 4.98 Å². The summed E-state index contributed by atoms with van der Waals surface area (Å²) in [5.41, 5.74) is 8.85. The molecule has 0 bridgehead atoms. The van der Waals surface area contributed by atoms with E-state index in [0.29, 0.717) is 6.54 Å². The molecule has 4 aromatic carbocycles. The summed E-state index contributed by atoms with van der Waals surface area (Å²) in [4.78, 5) is 17.4. The van der Waals surface area contributed by atoms with Crippen LogP contribution in [0.3, 0.4) is 0 Å². The lowest BCUT2D eigenvalue weighted by Crippen LogP contribution is -2.21. The molecular weight excluding hydrogens is 452 g/mol. The van der Waals surface area contributed by atoms with Crippen molar-refractivity contribution in [1.82, 2.24) is 15.0 Å². The smallest absolute Gasteiger partial charge is 0.250 e. The number of amides is 1. The van der Waals surface area contributed by atoms with Gasteiger partial charge in [-0.2, -0.15) is 5.10 Å². The Morgan fingerprint density at radius 2 is 1.69 bits per heavy atom. The summed E-state index contributed by atoms with van der Waals surface area (Å²) in [7, 11) is 0. The number of hydrogen-bond donors (Lipinski definition) is 1. The first kappa shape index (κ1) is 22.9. The molecule has 1 aromatic heterocycles. The van der Waals surface area contributed by atoms with Gasteiger partial charge in [-0.1, -0.05) is 90.1 Å². The van der Waals surface area contributed by atoms with Crippen molar-refractivity contribution < 1.29 is 4.79 Å². The molecular formula is C29H26N4OS. The number of rotatable bonds is 7. The minimum Gasteiger partial charge on any atom is -0.314 e. The maximum atomic E-state index is 12.6. The van der Waals surface area contributed by atoms with Crippen LogP contribution in [-0.2, 0) is 11.3 Å². The summed E-state index contributed by atoms with van der Waals surface area (Å²) in [6.07, 6.45) is 0. The van der Waals surface area contributed by atoms with Gasteiger partial charge in [-0.05, 0) is 53.9 Å². The Kier molecular flexibility index (Phi) is 6.64. The standard InChI is InChI=1S/C29H26N4OS/c1-20-11-13-22(14-12-20)18-33-27-10-6-5-9-26(27)30-29(33)35-19-28(34)32-31-21(2)24-16-15-23-7-3-4-8-25(23)17-24/h3-17H,18-19H2,1-2H3,(H,32,34)/b31-21+. The molecule has 0 aliphatic rings. The van der Waals surface area contributed by atoms with E-state index in [1.54, 1.807) is 0 Å². The van der Waals surface area contributed by atoms with Crippen molar-refractivity contribution in [2.45, 2.75) is 25.5 Å². The van der Waals surface area contributed by atoms with Crippen molar-refractivity contribution in [1.29, 1.82) is 0 Å². The fraction of sp³-hybridized carbons (Fsp3) is 0.138. The predicted octanol–water partition coefficient (Wildman–Crippen LogP) is 6.18. The van der Waals surface area contributed by atoms with Crippen LogP contribution in [0.15, 0.2) is 101 Å². The molecule has 0 aliphatic heterocycles. The van der Waals surface area contributed by atoms with E-state index >= 15 is 0 Å². The monoisotopic (exact) mass is 478 g/mol. The van der Waals surface area contributed by atoms with Gasteiger partial charge in [0.05, 0.1) is 29.0 Å². The lowest BCUT2D eigenvalue weighted by molar-refractivity contribution is -0.118. The molecule has 1 amide bonds. The zero-order valence-electron chi connectivity index (χ0n) is 19.7. The van der Waals surface area contributed by atoms with Crippen molar-refractivity contribution in [3.63, 3.8) is 0 Å². The molecule has 5 aromatic rings. The molecule has 0 saturated carbocycles. The van der Waals surface area contributed by atoms with Crippen molar-refractivity contribution in [2.24, 2.45) is 5.10 Å². The molecule has 0 aliphatic carbocycles. The first-order valence-electron chi connectivity index (χ1n) is 11.5. The number of carbonyl (C=O) groups excluding carboxylic acids is 1. The summed E-state index contributed by atoms with van der Waals surface area (Å²) < 4.78 is 2.17. The number of nitrogens with one attached hydrogen (secondary N) is 1. The van der Waals surface area contributed by atoms with Crippen LogP contribution in [0.4, 0.5) is 0 Å². The minimum absolute atomic E-state index is 0.163. The van der Waals surface area contributed by atoms with Crippen molar-refractivity contribution in [3.05, 3.63) is 108 Å². The fourth-order valence-electron chi connectivity index (χ4n) is 3.98. The molecule has 0 fully saturated rings. The first-order valence-corrected chi connectivity index (χ1v) is 12.5. The number of fused-ring (bicyclic) bond motifs is 2. The third-order valence-electron chi connectivity index (χ3n) is 5.93. The second-order valence-electron chi connectivity index (χ2n) is 8.54. The topological polar surface area (TPSA) is 59.3 Å². The molecule has 0 atom stereocenters. The van der Waals surface area contributed by atoms with Crippen molar-refractivity contribution >= 4 is 45.2 Å². The third-order valence-corrected chi connectivity index (χ3v) is 6.91. The Hall–Kier alpha value is -3.90. The highest BCUT2D eigenvalue weighted by Crippen LogP contribution is 2.25. The SMILES string of the molecule is C/C(=N\NC(=O)CSc1nc2ccccc2n1Cc1ccc(C)cc1)c1ccc2ccccc2c1. The molecule has 1 heterocycles. The molecule has 0 spiro atoms. The Morgan fingerprint density at radius 1 is 0.943 bits per heavy atom. The normalized spacial score (nSPS) is 11.8. The zero-order valence-corrected chi connectivity index (χ0v) is 20.5. The molecule has 5 nitrogen and oxygen atoms in total. The molecule has 0 saturated heterocycles. The van der Waals surface area contributed by atoms with Crippen molar-refractivity contribution in [3.8, 4) is 0 Å². The Bertz CT molecular complexity index is 1540. The Balaban J connectivity index is 1.28. The lowest BCUT2D eigenvalue weighted by Gasteiger charge is -2.09. The molecule has 35 heavy (non-hydrogen) atoms. The molecule has 174 valence electrons. The van der Waals surface area contributed by atoms with Gasteiger partial charge in [0, 0.05) is 0 Å². The van der Waals surface area contributed by atoms with E-state index in [1.165, 1.54) is 28.3 Å². The number of hydrazone groups is 1. The van der Waals surface area contributed by atoms with Gasteiger partial charge in [0.15, 0.2) is 5.16 Å². The summed E-state index contributed by atoms with van der Waals surface area (Å²) in [6, 6.07) is 30.9. The highest BCUT2D eigenvalue weighted by Gasteiger charge is 2.13. The number of imidazole rings is 1. The number of benzene rings is 4. The highest BCUT2D eigenvalue weighted by molar-refractivity contribution is 7.99. The van der Waals surface area contributed by atoms with Gasteiger partial charge in [0.2, 0.25) is 0 Å². The van der Waals surface area contributed by atoms with E-state index in [2.05, 4.69) is 76.6 Å². The Labute approximate surface area is 208 Å². The fourth-order valence-corrected chi connectivity index (χ4v) is 4.79. The number of carbonyl (C=O) groups is 1. The van der Waals surface area contributed by atoms with E-state index in [-0.39, 0.29) is 11.7 Å². The predicted molar refractivity (Wildman–Crippen MR) is 145 cm³/mol. The minimum atomic E-state index is -0.163. The molecule has 0 radical (unpaired) electrons. The maximum Gasteiger partial charge on any atom is 0.250 e. The zero-order chi connectivity index (χ0) is 24.2. The number of nitrogens with zero attached hydrogens (tertiary/aromatic N) is 3. The van der Waals surface area contributed by atoms with E-state index in [0.717, 1.165) is 32.9 Å². The summed E-state index contributed by atoms with van der Waals surface area (Å²) in [5.74, 6) is 0.0650. The van der Waals surface area contributed by atoms with Gasteiger partial charge in [0.1, 0.15) is 0 Å². The number of aryl methyl sites for hydroxylation is 1. The van der Waals surface area contributed by atoms with Gasteiger partial charge in [-0.3, -0.25) is 4.79 Å². The Morgan fingerprint density at radius 3 is 2.51 bits per heavy atom. The van der Waals surface area contributed by atoms with E-state index < -0.39 is 0 Å². The third kappa shape index (κ3) is 5.28. The average molecular weight is 479 g/mol. The van der Waals surface area contributed by atoms with Gasteiger partial charge >= 0.3 is 0 Å². The van der Waals surface area contributed by atoms with Gasteiger partial charge in [0.25, 0.3) is 5.91 Å². The van der Waals surface area contributed by atoms with Crippen LogP contribution < -0.4 is 5.43 Å². The summed E-state index contributed by atoms with van der Waals surface area (Å²) in [5, 5.41) is 7.47. The van der Waals surface area contributed by atoms with E-state index in [1.807, 2.05) is 43.3 Å². The van der Waals surface area contributed by atoms with Crippen molar-refractivity contribution in [2.75, 3.05) is 5.75 Å². The molecule has 5 rings (SSSR count). The van der Waals surface area contributed by atoms with Crippen LogP contribution in [0.1, 0.15) is 23.6 Å². The quantitative estimate of drug-likeness (QED) is 0.173. The van der Waals surface area contributed by atoms with Crippen LogP contribution in [0.2, 0.25) is 0 Å². The van der Waals surface area contributed by atoms with Gasteiger partial charge in [-0.25, -0.2) is 10.4 Å². The van der Waals surface area contributed by atoms with Crippen LogP contribution in [0, 0.1) is 6.92 Å². The van der Waals surface area contributed by atoms with Gasteiger partial charge < -0.3 is 4.57 Å². The first-order chi connectivity index (χ1) is 17.1. The molecule has 6 heteroatoms. The number of para-hydroxylation sites is 2. The summed E-state index contributed by atoms with van der Waals surface area (Å²) >= 11 is 1.42. The van der Waals surface area contributed by atoms with Crippen LogP contribution in [0.25, 0.3) is 21.8 Å². The van der Waals surface area contributed by atoms with Gasteiger partial charge in [-0.15, -0.1) is 0 Å². The average Bonchev–Trinajstić information content (AvgIpc) is 3.24. The number of thioether (sulfide) groups is 1.